The van der Waals surface area contributed by atoms with Crippen LogP contribution in [-0.2, 0) is 14.8 Å². The van der Waals surface area contributed by atoms with Gasteiger partial charge < -0.3 is 15.0 Å². The summed E-state index contributed by atoms with van der Waals surface area (Å²) in [6, 6.07) is 11.2. The first kappa shape index (κ1) is 25.0. The molecule has 1 aliphatic heterocycles. The highest BCUT2D eigenvalue weighted by molar-refractivity contribution is 7.89. The summed E-state index contributed by atoms with van der Waals surface area (Å²) in [6.45, 7) is 2.24. The maximum Gasteiger partial charge on any atom is 0.253 e. The number of sulfonamides is 1. The SMILES string of the molecule is COc1ccc(NC(=O)CN2CCN(C(=O)c3ccc(Cl)cc3)CC2)cc1S(=O)(=O)N(C)C. The molecule has 1 fully saturated rings. The van der Waals surface area contributed by atoms with Gasteiger partial charge in [0, 0.05) is 56.5 Å². The van der Waals surface area contributed by atoms with Crippen molar-refractivity contribution in [3.8, 4) is 5.75 Å². The van der Waals surface area contributed by atoms with Crippen LogP contribution in [-0.4, -0.2) is 88.3 Å². The number of rotatable bonds is 7. The van der Waals surface area contributed by atoms with Crippen molar-refractivity contribution in [3.05, 3.63) is 53.1 Å². The minimum atomic E-state index is -3.74. The van der Waals surface area contributed by atoms with Gasteiger partial charge in [-0.2, -0.15) is 0 Å². The molecule has 0 saturated carbocycles. The van der Waals surface area contributed by atoms with E-state index in [4.69, 9.17) is 16.3 Å². The van der Waals surface area contributed by atoms with Crippen LogP contribution in [0.3, 0.4) is 0 Å². The Kier molecular flexibility index (Phi) is 7.96. The van der Waals surface area contributed by atoms with Crippen molar-refractivity contribution >= 4 is 39.1 Å². The normalized spacial score (nSPS) is 14.9. The minimum absolute atomic E-state index is 0.0258. The molecule has 2 amide bonds. The molecule has 0 aliphatic carbocycles. The van der Waals surface area contributed by atoms with Crippen molar-refractivity contribution in [2.75, 3.05) is 59.2 Å². The fourth-order valence-electron chi connectivity index (χ4n) is 3.44. The van der Waals surface area contributed by atoms with Gasteiger partial charge in [0.25, 0.3) is 5.91 Å². The number of piperazine rings is 1. The number of amides is 2. The number of methoxy groups -OCH3 is 1. The molecule has 0 atom stereocenters. The quantitative estimate of drug-likeness (QED) is 0.632. The molecular formula is C22H27ClN4O5S. The third-order valence-electron chi connectivity index (χ3n) is 5.32. The van der Waals surface area contributed by atoms with Crippen molar-refractivity contribution in [2.24, 2.45) is 0 Å². The Morgan fingerprint density at radius 1 is 1.06 bits per heavy atom. The lowest BCUT2D eigenvalue weighted by atomic mass is 10.2. The Balaban J connectivity index is 1.58. The van der Waals surface area contributed by atoms with Gasteiger partial charge in [0.15, 0.2) is 0 Å². The van der Waals surface area contributed by atoms with Gasteiger partial charge in [-0.1, -0.05) is 11.6 Å². The van der Waals surface area contributed by atoms with Gasteiger partial charge in [-0.25, -0.2) is 12.7 Å². The zero-order valence-electron chi connectivity index (χ0n) is 18.7. The number of hydrogen-bond donors (Lipinski definition) is 1. The molecule has 1 N–H and O–H groups in total. The van der Waals surface area contributed by atoms with E-state index >= 15 is 0 Å². The van der Waals surface area contributed by atoms with Crippen molar-refractivity contribution in [1.29, 1.82) is 0 Å². The molecule has 0 aromatic heterocycles. The molecule has 178 valence electrons. The van der Waals surface area contributed by atoms with Crippen molar-refractivity contribution < 1.29 is 22.7 Å². The number of ether oxygens (including phenoxy) is 1. The van der Waals surface area contributed by atoms with Gasteiger partial charge in [0.1, 0.15) is 10.6 Å². The molecule has 2 aromatic rings. The number of anilines is 1. The van der Waals surface area contributed by atoms with Crippen molar-refractivity contribution in [1.82, 2.24) is 14.1 Å². The van der Waals surface area contributed by atoms with E-state index < -0.39 is 10.0 Å². The highest BCUT2D eigenvalue weighted by Gasteiger charge is 2.25. The van der Waals surface area contributed by atoms with Crippen LogP contribution in [0.4, 0.5) is 5.69 Å². The van der Waals surface area contributed by atoms with Crippen LogP contribution in [0.15, 0.2) is 47.4 Å². The van der Waals surface area contributed by atoms with Crippen LogP contribution in [0.2, 0.25) is 5.02 Å². The predicted molar refractivity (Wildman–Crippen MR) is 126 cm³/mol. The Morgan fingerprint density at radius 3 is 2.27 bits per heavy atom. The monoisotopic (exact) mass is 494 g/mol. The maximum absolute atomic E-state index is 12.6. The maximum atomic E-state index is 12.6. The number of hydrogen-bond acceptors (Lipinski definition) is 6. The Labute approximate surface area is 198 Å². The van der Waals surface area contributed by atoms with Crippen LogP contribution < -0.4 is 10.1 Å². The summed E-state index contributed by atoms with van der Waals surface area (Å²) in [5.74, 6) is -0.141. The van der Waals surface area contributed by atoms with Crippen molar-refractivity contribution in [3.63, 3.8) is 0 Å². The van der Waals surface area contributed by atoms with Crippen LogP contribution in [0, 0.1) is 0 Å². The Hall–Kier alpha value is -2.66. The fourth-order valence-corrected chi connectivity index (χ4v) is 4.64. The van der Waals surface area contributed by atoms with E-state index in [2.05, 4.69) is 5.32 Å². The summed E-state index contributed by atoms with van der Waals surface area (Å²) in [5, 5.41) is 3.32. The molecule has 1 heterocycles. The summed E-state index contributed by atoms with van der Waals surface area (Å²) in [6.07, 6.45) is 0. The zero-order chi connectivity index (χ0) is 24.2. The molecule has 1 saturated heterocycles. The largest absolute Gasteiger partial charge is 0.495 e. The number of nitrogens with one attached hydrogen (secondary N) is 1. The summed E-state index contributed by atoms with van der Waals surface area (Å²) in [4.78, 5) is 28.8. The first-order valence-corrected chi connectivity index (χ1v) is 12.1. The van der Waals surface area contributed by atoms with Crippen LogP contribution in [0.25, 0.3) is 0 Å². The number of nitrogens with zero attached hydrogens (tertiary/aromatic N) is 3. The van der Waals surface area contributed by atoms with E-state index in [1.54, 1.807) is 35.2 Å². The molecular weight excluding hydrogens is 468 g/mol. The van der Waals surface area contributed by atoms with E-state index in [-0.39, 0.29) is 29.0 Å². The first-order valence-electron chi connectivity index (χ1n) is 10.3. The highest BCUT2D eigenvalue weighted by atomic mass is 35.5. The average Bonchev–Trinajstić information content (AvgIpc) is 2.79. The first-order chi connectivity index (χ1) is 15.6. The average molecular weight is 495 g/mol. The molecule has 11 heteroatoms. The Morgan fingerprint density at radius 2 is 1.70 bits per heavy atom. The molecule has 3 rings (SSSR count). The lowest BCUT2D eigenvalue weighted by Gasteiger charge is -2.34. The molecule has 0 bridgehead atoms. The molecule has 33 heavy (non-hydrogen) atoms. The van der Waals surface area contributed by atoms with Gasteiger partial charge in [-0.3, -0.25) is 14.5 Å². The second-order valence-corrected chi connectivity index (χ2v) is 10.3. The summed E-state index contributed by atoms with van der Waals surface area (Å²) < 4.78 is 31.4. The van der Waals surface area contributed by atoms with Gasteiger partial charge in [-0.05, 0) is 42.5 Å². The van der Waals surface area contributed by atoms with Crippen LogP contribution in [0.5, 0.6) is 5.75 Å². The van der Waals surface area contributed by atoms with Gasteiger partial charge in [0.05, 0.1) is 13.7 Å². The highest BCUT2D eigenvalue weighted by Crippen LogP contribution is 2.28. The molecule has 2 aromatic carbocycles. The van der Waals surface area contributed by atoms with E-state index in [0.717, 1.165) is 4.31 Å². The third-order valence-corrected chi connectivity index (χ3v) is 7.41. The van der Waals surface area contributed by atoms with Gasteiger partial charge in [0.2, 0.25) is 15.9 Å². The predicted octanol–water partition coefficient (Wildman–Crippen LogP) is 2.00. The standard InChI is InChI=1S/C22H27ClN4O5S/c1-25(2)33(30,31)20-14-18(8-9-19(20)32-3)24-21(28)15-26-10-12-27(13-11-26)22(29)16-4-6-17(23)7-5-16/h4-9,14H,10-13,15H2,1-3H3,(H,24,28). The topological polar surface area (TPSA) is 99.3 Å². The minimum Gasteiger partial charge on any atom is -0.495 e. The lowest BCUT2D eigenvalue weighted by molar-refractivity contribution is -0.117. The molecule has 0 unspecified atom stereocenters. The molecule has 9 nitrogen and oxygen atoms in total. The molecule has 1 aliphatic rings. The third kappa shape index (κ3) is 6.02. The lowest BCUT2D eigenvalue weighted by Crippen LogP contribution is -2.50. The second-order valence-electron chi connectivity index (χ2n) is 7.78. The summed E-state index contributed by atoms with van der Waals surface area (Å²) >= 11 is 5.88. The van der Waals surface area contributed by atoms with E-state index in [9.17, 15) is 18.0 Å². The van der Waals surface area contributed by atoms with Crippen LogP contribution >= 0.6 is 11.6 Å². The van der Waals surface area contributed by atoms with E-state index in [1.165, 1.54) is 33.3 Å². The van der Waals surface area contributed by atoms with E-state index in [1.807, 2.05) is 4.90 Å². The number of carbonyl (C=O) groups excluding carboxylic acids is 2. The number of halogens is 1. The van der Waals surface area contributed by atoms with Crippen LogP contribution in [0.1, 0.15) is 10.4 Å². The number of carbonyl (C=O) groups is 2. The Bertz CT molecular complexity index is 1110. The number of benzene rings is 2. The summed E-state index contributed by atoms with van der Waals surface area (Å²) in [5.41, 5.74) is 0.936. The van der Waals surface area contributed by atoms with Gasteiger partial charge >= 0.3 is 0 Å². The second kappa shape index (κ2) is 10.5. The van der Waals surface area contributed by atoms with Crippen molar-refractivity contribution in [2.45, 2.75) is 4.90 Å². The molecule has 0 spiro atoms. The van der Waals surface area contributed by atoms with E-state index in [0.29, 0.717) is 42.5 Å². The zero-order valence-corrected chi connectivity index (χ0v) is 20.3. The summed E-state index contributed by atoms with van der Waals surface area (Å²) in [7, 11) is 0.501. The molecule has 0 radical (unpaired) electrons. The van der Waals surface area contributed by atoms with Gasteiger partial charge in [-0.15, -0.1) is 0 Å². The smallest absolute Gasteiger partial charge is 0.253 e. The fraction of sp³-hybridized carbons (Fsp3) is 0.364.